The third-order valence-corrected chi connectivity index (χ3v) is 3.98. The predicted molar refractivity (Wildman–Crippen MR) is 87.9 cm³/mol. The van der Waals surface area contributed by atoms with Crippen LogP contribution in [-0.4, -0.2) is 20.6 Å². The molecule has 0 radical (unpaired) electrons. The van der Waals surface area contributed by atoms with Crippen molar-refractivity contribution in [2.24, 2.45) is 5.92 Å². The maximum atomic E-state index is 12.2. The second kappa shape index (κ2) is 6.97. The van der Waals surface area contributed by atoms with Gasteiger partial charge in [-0.25, -0.2) is 0 Å². The van der Waals surface area contributed by atoms with Gasteiger partial charge in [0.05, 0.1) is 39.4 Å². The van der Waals surface area contributed by atoms with Gasteiger partial charge in [-0.15, -0.1) is 0 Å². The molecule has 0 bridgehead atoms. The van der Waals surface area contributed by atoms with Crippen molar-refractivity contribution >= 4 is 40.6 Å². The molecular formula is C14H14Cl2N4O3. The molecule has 23 heavy (non-hydrogen) atoms. The minimum Gasteiger partial charge on any atom is -0.358 e. The number of aryl methyl sites for hydroxylation is 1. The summed E-state index contributed by atoms with van der Waals surface area (Å²) in [7, 11) is 0. The number of carbonyl (C=O) groups is 1. The molecule has 1 atom stereocenters. The van der Waals surface area contributed by atoms with E-state index in [1.807, 2.05) is 0 Å². The lowest BCUT2D eigenvalue weighted by atomic mass is 10.1. The molecule has 1 amide bonds. The van der Waals surface area contributed by atoms with Crippen molar-refractivity contribution in [3.63, 3.8) is 0 Å². The van der Waals surface area contributed by atoms with Crippen LogP contribution < -0.4 is 5.32 Å². The monoisotopic (exact) mass is 356 g/mol. The molecule has 0 spiro atoms. The highest BCUT2D eigenvalue weighted by Gasteiger charge is 2.20. The number of hydrogen-bond donors (Lipinski definition) is 1. The highest BCUT2D eigenvalue weighted by atomic mass is 35.5. The van der Waals surface area contributed by atoms with Crippen LogP contribution in [0.2, 0.25) is 10.0 Å². The molecule has 122 valence electrons. The molecule has 0 aliphatic carbocycles. The molecule has 0 saturated heterocycles. The number of hydrogen-bond acceptors (Lipinski definition) is 4. The second-order valence-corrected chi connectivity index (χ2v) is 5.92. The number of nitro groups is 1. The highest BCUT2D eigenvalue weighted by Crippen LogP contribution is 2.25. The maximum Gasteiger partial charge on any atom is 0.390 e. The van der Waals surface area contributed by atoms with E-state index in [1.54, 1.807) is 32.0 Å². The Bertz CT molecular complexity index is 760. The Morgan fingerprint density at radius 2 is 2.09 bits per heavy atom. The van der Waals surface area contributed by atoms with Crippen LogP contribution in [0.25, 0.3) is 0 Å². The quantitative estimate of drug-likeness (QED) is 0.653. The number of carbonyl (C=O) groups excluding carboxylic acids is 1. The third kappa shape index (κ3) is 4.20. The van der Waals surface area contributed by atoms with E-state index in [4.69, 9.17) is 23.2 Å². The Morgan fingerprint density at radius 3 is 2.65 bits per heavy atom. The SMILES string of the molecule is Cc1cc([N+](=O)[O-])nn1CC(C)C(=O)Nc1ccc(Cl)c(Cl)c1. The molecule has 1 aromatic carbocycles. The van der Waals surface area contributed by atoms with Gasteiger partial charge >= 0.3 is 5.82 Å². The van der Waals surface area contributed by atoms with Crippen molar-refractivity contribution in [3.05, 3.63) is 50.1 Å². The van der Waals surface area contributed by atoms with E-state index in [1.165, 1.54) is 10.7 Å². The molecule has 9 heteroatoms. The Hall–Kier alpha value is -2.12. The van der Waals surface area contributed by atoms with Gasteiger partial charge in [0.25, 0.3) is 0 Å². The summed E-state index contributed by atoms with van der Waals surface area (Å²) in [6.07, 6.45) is 0. The van der Waals surface area contributed by atoms with Gasteiger partial charge in [-0.3, -0.25) is 4.79 Å². The minimum atomic E-state index is -0.566. The summed E-state index contributed by atoms with van der Waals surface area (Å²) in [5.74, 6) is -0.928. The van der Waals surface area contributed by atoms with E-state index in [-0.39, 0.29) is 18.3 Å². The summed E-state index contributed by atoms with van der Waals surface area (Å²) < 4.78 is 1.44. The molecule has 0 fully saturated rings. The molecule has 2 aromatic rings. The van der Waals surface area contributed by atoms with Crippen molar-refractivity contribution in [1.29, 1.82) is 0 Å². The lowest BCUT2D eigenvalue weighted by Gasteiger charge is -2.12. The standard InChI is InChI=1S/C14H14Cl2N4O3/c1-8(7-19-9(2)5-13(18-19)20(22)23)14(21)17-10-3-4-11(15)12(16)6-10/h3-6,8H,7H2,1-2H3,(H,17,21). The van der Waals surface area contributed by atoms with E-state index in [0.717, 1.165) is 0 Å². The van der Waals surface area contributed by atoms with Gasteiger partial charge < -0.3 is 15.4 Å². The lowest BCUT2D eigenvalue weighted by Crippen LogP contribution is -2.25. The van der Waals surface area contributed by atoms with Gasteiger partial charge in [0.15, 0.2) is 0 Å². The van der Waals surface area contributed by atoms with Crippen molar-refractivity contribution in [3.8, 4) is 0 Å². The van der Waals surface area contributed by atoms with Gasteiger partial charge in [0, 0.05) is 5.69 Å². The van der Waals surface area contributed by atoms with Crippen LogP contribution in [0.15, 0.2) is 24.3 Å². The third-order valence-electron chi connectivity index (χ3n) is 3.24. The van der Waals surface area contributed by atoms with Gasteiger partial charge in [-0.2, -0.15) is 4.68 Å². The fourth-order valence-electron chi connectivity index (χ4n) is 1.95. The van der Waals surface area contributed by atoms with Gasteiger partial charge in [0.1, 0.15) is 0 Å². The van der Waals surface area contributed by atoms with Crippen molar-refractivity contribution in [1.82, 2.24) is 9.78 Å². The highest BCUT2D eigenvalue weighted by molar-refractivity contribution is 6.42. The molecule has 1 heterocycles. The largest absolute Gasteiger partial charge is 0.390 e. The molecule has 1 unspecified atom stereocenters. The molecule has 7 nitrogen and oxygen atoms in total. The fraction of sp³-hybridized carbons (Fsp3) is 0.286. The van der Waals surface area contributed by atoms with Gasteiger partial charge in [-0.1, -0.05) is 30.1 Å². The molecule has 2 rings (SSSR count). The van der Waals surface area contributed by atoms with E-state index in [2.05, 4.69) is 10.4 Å². The van der Waals surface area contributed by atoms with Crippen molar-refractivity contribution < 1.29 is 9.72 Å². The van der Waals surface area contributed by atoms with E-state index < -0.39 is 10.8 Å². The normalized spacial score (nSPS) is 12.0. The Morgan fingerprint density at radius 1 is 1.39 bits per heavy atom. The van der Waals surface area contributed by atoms with E-state index in [0.29, 0.717) is 21.4 Å². The topological polar surface area (TPSA) is 90.1 Å². The number of nitrogens with one attached hydrogen (secondary N) is 1. The first kappa shape index (κ1) is 17.2. The summed E-state index contributed by atoms with van der Waals surface area (Å²) >= 11 is 11.7. The average Bonchev–Trinajstić information content (AvgIpc) is 2.84. The summed E-state index contributed by atoms with van der Waals surface area (Å²) in [5.41, 5.74) is 1.14. The Balaban J connectivity index is 2.05. The molecule has 1 aromatic heterocycles. The first-order valence-corrected chi connectivity index (χ1v) is 7.48. The fourth-order valence-corrected chi connectivity index (χ4v) is 2.25. The zero-order chi connectivity index (χ0) is 17.1. The van der Waals surface area contributed by atoms with Crippen LogP contribution in [0.4, 0.5) is 11.5 Å². The molecular weight excluding hydrogens is 343 g/mol. The summed E-state index contributed by atoms with van der Waals surface area (Å²) in [4.78, 5) is 22.4. The van der Waals surface area contributed by atoms with Crippen LogP contribution >= 0.6 is 23.2 Å². The summed E-state index contributed by atoms with van der Waals surface area (Å²) in [6, 6.07) is 6.15. The average molecular weight is 357 g/mol. The molecule has 0 aliphatic heterocycles. The molecule has 0 saturated carbocycles. The van der Waals surface area contributed by atoms with Crippen molar-refractivity contribution in [2.45, 2.75) is 20.4 Å². The number of halogens is 2. The van der Waals surface area contributed by atoms with E-state index >= 15 is 0 Å². The van der Waals surface area contributed by atoms with Crippen LogP contribution in [0.1, 0.15) is 12.6 Å². The predicted octanol–water partition coefficient (Wildman–Crippen LogP) is 3.68. The Labute approximate surface area is 142 Å². The number of amides is 1. The minimum absolute atomic E-state index is 0.229. The number of anilines is 1. The number of nitrogens with zero attached hydrogens (tertiary/aromatic N) is 3. The van der Waals surface area contributed by atoms with Crippen molar-refractivity contribution in [2.75, 3.05) is 5.32 Å². The summed E-state index contributed by atoms with van der Waals surface area (Å²) in [6.45, 7) is 3.64. The zero-order valence-corrected chi connectivity index (χ0v) is 13.9. The number of benzene rings is 1. The zero-order valence-electron chi connectivity index (χ0n) is 12.4. The van der Waals surface area contributed by atoms with Gasteiger partial charge in [0.2, 0.25) is 5.91 Å². The van der Waals surface area contributed by atoms with Crippen LogP contribution in [0, 0.1) is 23.0 Å². The van der Waals surface area contributed by atoms with Crippen LogP contribution in [0.5, 0.6) is 0 Å². The van der Waals surface area contributed by atoms with Crippen LogP contribution in [0.3, 0.4) is 0 Å². The first-order valence-electron chi connectivity index (χ1n) is 6.72. The maximum absolute atomic E-state index is 12.2. The molecule has 1 N–H and O–H groups in total. The van der Waals surface area contributed by atoms with Crippen LogP contribution in [-0.2, 0) is 11.3 Å². The first-order chi connectivity index (χ1) is 10.8. The van der Waals surface area contributed by atoms with E-state index in [9.17, 15) is 14.9 Å². The smallest absolute Gasteiger partial charge is 0.358 e. The number of aromatic nitrogens is 2. The Kier molecular flexibility index (Phi) is 5.23. The van der Waals surface area contributed by atoms with Gasteiger partial charge in [-0.05, 0) is 30.0 Å². The number of rotatable bonds is 5. The molecule has 0 aliphatic rings. The summed E-state index contributed by atoms with van der Waals surface area (Å²) in [5, 5.41) is 18.0. The lowest BCUT2D eigenvalue weighted by molar-refractivity contribution is -0.389. The second-order valence-electron chi connectivity index (χ2n) is 5.10.